The van der Waals surface area contributed by atoms with Gasteiger partial charge < -0.3 is 14.8 Å². The van der Waals surface area contributed by atoms with E-state index < -0.39 is 0 Å². The average molecular weight is 201 g/mol. The SMILES string of the molecule is CCOC(C)CC1(OC)CCNCC1. The Bertz CT molecular complexity index is 155. The molecule has 0 spiro atoms. The molecule has 1 unspecified atom stereocenters. The first-order valence-electron chi connectivity index (χ1n) is 5.60. The Labute approximate surface area is 87.2 Å². The van der Waals surface area contributed by atoms with E-state index in [1.54, 1.807) is 0 Å². The highest BCUT2D eigenvalue weighted by Crippen LogP contribution is 2.28. The maximum Gasteiger partial charge on any atom is 0.0727 e. The summed E-state index contributed by atoms with van der Waals surface area (Å²) in [6, 6.07) is 0. The fraction of sp³-hybridized carbons (Fsp3) is 1.00. The fourth-order valence-electron chi connectivity index (χ4n) is 2.24. The van der Waals surface area contributed by atoms with Crippen molar-refractivity contribution in [1.29, 1.82) is 0 Å². The summed E-state index contributed by atoms with van der Waals surface area (Å²) in [4.78, 5) is 0. The number of hydrogen-bond donors (Lipinski definition) is 1. The van der Waals surface area contributed by atoms with Crippen molar-refractivity contribution in [3.63, 3.8) is 0 Å². The van der Waals surface area contributed by atoms with Gasteiger partial charge in [-0.2, -0.15) is 0 Å². The second kappa shape index (κ2) is 5.69. The molecule has 0 amide bonds. The van der Waals surface area contributed by atoms with Gasteiger partial charge in [-0.3, -0.25) is 0 Å². The quantitative estimate of drug-likeness (QED) is 0.732. The van der Waals surface area contributed by atoms with Gasteiger partial charge in [0.1, 0.15) is 0 Å². The van der Waals surface area contributed by atoms with Crippen LogP contribution in [0.25, 0.3) is 0 Å². The van der Waals surface area contributed by atoms with Gasteiger partial charge >= 0.3 is 0 Å². The lowest BCUT2D eigenvalue weighted by atomic mass is 9.87. The summed E-state index contributed by atoms with van der Waals surface area (Å²) in [5, 5.41) is 3.36. The molecular weight excluding hydrogens is 178 g/mol. The number of hydrogen-bond acceptors (Lipinski definition) is 3. The van der Waals surface area contributed by atoms with Crippen LogP contribution in [0.1, 0.15) is 33.1 Å². The van der Waals surface area contributed by atoms with Gasteiger partial charge in [0.2, 0.25) is 0 Å². The lowest BCUT2D eigenvalue weighted by molar-refractivity contribution is -0.0752. The second-order valence-corrected chi connectivity index (χ2v) is 4.11. The monoisotopic (exact) mass is 201 g/mol. The minimum Gasteiger partial charge on any atom is -0.379 e. The van der Waals surface area contributed by atoms with Crippen LogP contribution in [0.15, 0.2) is 0 Å². The predicted molar refractivity (Wildman–Crippen MR) is 57.5 cm³/mol. The van der Waals surface area contributed by atoms with Gasteiger partial charge in [-0.15, -0.1) is 0 Å². The molecule has 14 heavy (non-hydrogen) atoms. The highest BCUT2D eigenvalue weighted by molar-refractivity contribution is 4.87. The molecule has 1 aliphatic heterocycles. The number of rotatable bonds is 5. The zero-order chi connectivity index (χ0) is 10.4. The molecule has 1 fully saturated rings. The number of piperidine rings is 1. The van der Waals surface area contributed by atoms with Crippen LogP contribution in [0.3, 0.4) is 0 Å². The first-order chi connectivity index (χ1) is 6.72. The Hall–Kier alpha value is -0.120. The molecule has 1 atom stereocenters. The molecule has 3 heteroatoms. The minimum absolute atomic E-state index is 0.0554. The molecule has 0 saturated carbocycles. The first-order valence-corrected chi connectivity index (χ1v) is 5.60. The van der Waals surface area contributed by atoms with Crippen LogP contribution in [0.5, 0.6) is 0 Å². The van der Waals surface area contributed by atoms with E-state index >= 15 is 0 Å². The summed E-state index contributed by atoms with van der Waals surface area (Å²) in [5.74, 6) is 0. The van der Waals surface area contributed by atoms with Crippen LogP contribution >= 0.6 is 0 Å². The fourth-order valence-corrected chi connectivity index (χ4v) is 2.24. The molecule has 0 aromatic rings. The van der Waals surface area contributed by atoms with E-state index in [-0.39, 0.29) is 5.60 Å². The van der Waals surface area contributed by atoms with E-state index in [4.69, 9.17) is 9.47 Å². The van der Waals surface area contributed by atoms with Crippen LogP contribution in [0.4, 0.5) is 0 Å². The largest absolute Gasteiger partial charge is 0.379 e. The van der Waals surface area contributed by atoms with Gasteiger partial charge in [0.25, 0.3) is 0 Å². The van der Waals surface area contributed by atoms with Crippen molar-refractivity contribution in [3.05, 3.63) is 0 Å². The van der Waals surface area contributed by atoms with Gasteiger partial charge in [0.05, 0.1) is 11.7 Å². The highest BCUT2D eigenvalue weighted by Gasteiger charge is 2.33. The number of nitrogens with one attached hydrogen (secondary N) is 1. The van der Waals surface area contributed by atoms with Gasteiger partial charge in [-0.05, 0) is 39.8 Å². The Morgan fingerprint density at radius 1 is 1.36 bits per heavy atom. The second-order valence-electron chi connectivity index (χ2n) is 4.11. The van der Waals surface area contributed by atoms with Crippen molar-refractivity contribution in [1.82, 2.24) is 5.32 Å². The summed E-state index contributed by atoms with van der Waals surface area (Å²) in [5.41, 5.74) is 0.0554. The summed E-state index contributed by atoms with van der Waals surface area (Å²) < 4.78 is 11.2. The van der Waals surface area contributed by atoms with Crippen LogP contribution in [-0.4, -0.2) is 38.5 Å². The van der Waals surface area contributed by atoms with Crippen molar-refractivity contribution in [2.24, 2.45) is 0 Å². The van der Waals surface area contributed by atoms with Gasteiger partial charge in [0, 0.05) is 20.1 Å². The summed E-state index contributed by atoms with van der Waals surface area (Å²) in [6.45, 7) is 7.09. The van der Waals surface area contributed by atoms with Gasteiger partial charge in [-0.25, -0.2) is 0 Å². The maximum atomic E-state index is 5.68. The smallest absolute Gasteiger partial charge is 0.0727 e. The summed E-state index contributed by atoms with van der Waals surface area (Å²) >= 11 is 0. The van der Waals surface area contributed by atoms with Crippen molar-refractivity contribution in [2.45, 2.75) is 44.8 Å². The topological polar surface area (TPSA) is 30.5 Å². The number of ether oxygens (including phenoxy) is 2. The van der Waals surface area contributed by atoms with E-state index in [9.17, 15) is 0 Å². The van der Waals surface area contributed by atoms with Gasteiger partial charge in [-0.1, -0.05) is 0 Å². The van der Waals surface area contributed by atoms with Crippen LogP contribution in [-0.2, 0) is 9.47 Å². The maximum absolute atomic E-state index is 5.68. The predicted octanol–water partition coefficient (Wildman–Crippen LogP) is 1.57. The Morgan fingerprint density at radius 2 is 2.00 bits per heavy atom. The van der Waals surface area contributed by atoms with Crippen molar-refractivity contribution in [3.8, 4) is 0 Å². The first kappa shape index (κ1) is 12.0. The molecule has 84 valence electrons. The third kappa shape index (κ3) is 3.23. The Kier molecular flexibility index (Phi) is 4.85. The van der Waals surface area contributed by atoms with Crippen LogP contribution in [0.2, 0.25) is 0 Å². The van der Waals surface area contributed by atoms with E-state index in [2.05, 4.69) is 12.2 Å². The molecule has 0 aromatic heterocycles. The third-order valence-corrected chi connectivity index (χ3v) is 3.06. The van der Waals surface area contributed by atoms with E-state index in [1.165, 1.54) is 0 Å². The summed E-state index contributed by atoms with van der Waals surface area (Å²) in [7, 11) is 1.82. The molecule has 1 aliphatic rings. The van der Waals surface area contributed by atoms with Crippen molar-refractivity contribution in [2.75, 3.05) is 26.8 Å². The zero-order valence-electron chi connectivity index (χ0n) is 9.64. The molecule has 0 radical (unpaired) electrons. The third-order valence-electron chi connectivity index (χ3n) is 3.06. The highest BCUT2D eigenvalue weighted by atomic mass is 16.5. The molecule has 0 bridgehead atoms. The van der Waals surface area contributed by atoms with Crippen LogP contribution < -0.4 is 5.32 Å². The minimum atomic E-state index is 0.0554. The van der Waals surface area contributed by atoms with E-state index in [0.717, 1.165) is 39.0 Å². The zero-order valence-corrected chi connectivity index (χ0v) is 9.64. The van der Waals surface area contributed by atoms with Crippen molar-refractivity contribution < 1.29 is 9.47 Å². The standard InChI is InChI=1S/C11H23NO2/c1-4-14-10(2)9-11(13-3)5-7-12-8-6-11/h10,12H,4-9H2,1-3H3. The molecular formula is C11H23NO2. The molecule has 0 aromatic carbocycles. The Morgan fingerprint density at radius 3 is 2.50 bits per heavy atom. The lowest BCUT2D eigenvalue weighted by Crippen LogP contribution is -2.45. The molecule has 3 nitrogen and oxygen atoms in total. The van der Waals surface area contributed by atoms with E-state index in [1.807, 2.05) is 14.0 Å². The molecule has 1 saturated heterocycles. The van der Waals surface area contributed by atoms with E-state index in [0.29, 0.717) is 6.10 Å². The summed E-state index contributed by atoms with van der Waals surface area (Å²) in [6.07, 6.45) is 3.51. The molecule has 1 N–H and O–H groups in total. The number of methoxy groups -OCH3 is 1. The normalized spacial score (nSPS) is 23.4. The van der Waals surface area contributed by atoms with Crippen LogP contribution in [0, 0.1) is 0 Å². The average Bonchev–Trinajstić information content (AvgIpc) is 2.19. The van der Waals surface area contributed by atoms with Gasteiger partial charge in [0.15, 0.2) is 0 Å². The molecule has 1 rings (SSSR count). The molecule has 0 aliphatic carbocycles. The van der Waals surface area contributed by atoms with Crippen molar-refractivity contribution >= 4 is 0 Å². The Balaban J connectivity index is 2.42. The lowest BCUT2D eigenvalue weighted by Gasteiger charge is -2.38. The molecule has 1 heterocycles.